The van der Waals surface area contributed by atoms with Gasteiger partial charge >= 0.3 is 5.97 Å². The topological polar surface area (TPSA) is 46.5 Å². The van der Waals surface area contributed by atoms with E-state index in [4.69, 9.17) is 4.74 Å². The molecule has 0 aromatic heterocycles. The number of hydrogen-bond acceptors (Lipinski definition) is 3. The molecule has 3 nitrogen and oxygen atoms in total. The first-order valence-corrected chi connectivity index (χ1v) is 12.8. The van der Waals surface area contributed by atoms with Crippen LogP contribution in [0.25, 0.3) is 22.3 Å². The lowest BCUT2D eigenvalue weighted by atomic mass is 9.91. The van der Waals surface area contributed by atoms with Crippen molar-refractivity contribution in [3.05, 3.63) is 95.6 Å². The van der Waals surface area contributed by atoms with Crippen molar-refractivity contribution >= 4 is 5.97 Å². The number of aliphatic hydroxyl groups excluding tert-OH is 1. The van der Waals surface area contributed by atoms with Crippen LogP contribution in [0.3, 0.4) is 0 Å². The molecule has 3 rings (SSSR count). The van der Waals surface area contributed by atoms with Crippen LogP contribution in [-0.4, -0.2) is 24.3 Å². The molecule has 0 heterocycles. The van der Waals surface area contributed by atoms with E-state index in [2.05, 4.69) is 81.1 Å². The Hall–Kier alpha value is -3.17. The smallest absolute Gasteiger partial charge is 0.330 e. The fourth-order valence-electron chi connectivity index (χ4n) is 4.49. The van der Waals surface area contributed by atoms with E-state index in [1.165, 1.54) is 64.3 Å². The summed E-state index contributed by atoms with van der Waals surface area (Å²) in [5.41, 5.74) is 9.81. The van der Waals surface area contributed by atoms with Crippen LogP contribution in [0.2, 0.25) is 0 Å². The summed E-state index contributed by atoms with van der Waals surface area (Å²) in [6, 6.07) is 22.1. The molecule has 35 heavy (non-hydrogen) atoms. The van der Waals surface area contributed by atoms with E-state index in [0.717, 1.165) is 24.8 Å². The highest BCUT2D eigenvalue weighted by Gasteiger charge is 2.10. The first-order chi connectivity index (χ1) is 17.0. The van der Waals surface area contributed by atoms with Gasteiger partial charge in [0.1, 0.15) is 0 Å². The molecule has 0 aliphatic carbocycles. The molecule has 0 saturated heterocycles. The zero-order valence-corrected chi connectivity index (χ0v) is 21.2. The van der Waals surface area contributed by atoms with Gasteiger partial charge in [0.25, 0.3) is 0 Å². The van der Waals surface area contributed by atoms with Gasteiger partial charge < -0.3 is 9.84 Å². The fraction of sp³-hybridized carbons (Fsp3) is 0.344. The summed E-state index contributed by atoms with van der Waals surface area (Å²) in [5.74, 6) is -0.392. The second-order valence-electron chi connectivity index (χ2n) is 9.12. The zero-order valence-electron chi connectivity index (χ0n) is 21.2. The molecule has 3 aromatic carbocycles. The molecule has 184 valence electrons. The lowest BCUT2D eigenvalue weighted by Gasteiger charge is -2.14. The average molecular weight is 471 g/mol. The van der Waals surface area contributed by atoms with E-state index in [-0.39, 0.29) is 6.61 Å². The molecule has 0 bridgehead atoms. The molecule has 3 aromatic rings. The summed E-state index contributed by atoms with van der Waals surface area (Å²) in [6.45, 7) is 8.30. The molecule has 3 heteroatoms. The summed E-state index contributed by atoms with van der Waals surface area (Å²) in [7, 11) is 0. The first kappa shape index (κ1) is 26.4. The highest BCUT2D eigenvalue weighted by molar-refractivity contribution is 5.81. The standard InChI is InChI=1S/C32H38O3/c1-4-6-7-9-25-11-13-26(14-12-25)29-17-18-31(24(3)22-29)30-16-15-27(19-20-33)28(23-30)10-8-21-35-32(34)5-2/h5,11-18,22-23,33H,2,4,6-10,19-21H2,1,3H3. The Kier molecular flexibility index (Phi) is 10.3. The van der Waals surface area contributed by atoms with Crippen LogP contribution in [0, 0.1) is 6.92 Å². The number of benzene rings is 3. The molecule has 0 atom stereocenters. The summed E-state index contributed by atoms with van der Waals surface area (Å²) in [6.07, 6.45) is 8.26. The first-order valence-electron chi connectivity index (χ1n) is 12.8. The van der Waals surface area contributed by atoms with Gasteiger partial charge in [0.05, 0.1) is 6.61 Å². The SMILES string of the molecule is C=CC(=O)OCCCc1cc(-c2ccc(-c3ccc(CCCCC)cc3)cc2C)ccc1CCO. The molecule has 0 aliphatic rings. The Balaban J connectivity index is 1.76. The molecule has 1 N–H and O–H groups in total. The molecule has 0 radical (unpaired) electrons. The Bertz CT molecular complexity index is 1110. The summed E-state index contributed by atoms with van der Waals surface area (Å²) in [4.78, 5) is 11.3. The van der Waals surface area contributed by atoms with Crippen LogP contribution in [0.1, 0.15) is 54.9 Å². The molecule has 0 spiro atoms. The van der Waals surface area contributed by atoms with Gasteiger partial charge in [0.15, 0.2) is 0 Å². The molecule has 0 aliphatic heterocycles. The van der Waals surface area contributed by atoms with Gasteiger partial charge in [-0.3, -0.25) is 0 Å². The van der Waals surface area contributed by atoms with Crippen LogP contribution >= 0.6 is 0 Å². The fourth-order valence-corrected chi connectivity index (χ4v) is 4.49. The molecular weight excluding hydrogens is 432 g/mol. The minimum atomic E-state index is -0.392. The van der Waals surface area contributed by atoms with Crippen LogP contribution in [-0.2, 0) is 28.8 Å². The van der Waals surface area contributed by atoms with Gasteiger partial charge in [-0.25, -0.2) is 4.79 Å². The summed E-state index contributed by atoms with van der Waals surface area (Å²) in [5, 5.41) is 9.48. The van der Waals surface area contributed by atoms with Crippen LogP contribution in [0.4, 0.5) is 0 Å². The number of aryl methyl sites for hydroxylation is 3. The monoisotopic (exact) mass is 470 g/mol. The van der Waals surface area contributed by atoms with Gasteiger partial charge in [-0.1, -0.05) is 87.0 Å². The van der Waals surface area contributed by atoms with Crippen molar-refractivity contribution in [3.63, 3.8) is 0 Å². The van der Waals surface area contributed by atoms with Gasteiger partial charge in [0.2, 0.25) is 0 Å². The molecule has 0 unspecified atom stereocenters. The predicted octanol–water partition coefficient (Wildman–Crippen LogP) is 7.26. The minimum Gasteiger partial charge on any atom is -0.463 e. The predicted molar refractivity (Wildman–Crippen MR) is 146 cm³/mol. The number of aliphatic hydroxyl groups is 1. The van der Waals surface area contributed by atoms with Gasteiger partial charge in [-0.15, -0.1) is 0 Å². The second-order valence-corrected chi connectivity index (χ2v) is 9.12. The van der Waals surface area contributed by atoms with Crippen molar-refractivity contribution in [3.8, 4) is 22.3 Å². The third-order valence-electron chi connectivity index (χ3n) is 6.48. The maximum atomic E-state index is 11.3. The van der Waals surface area contributed by atoms with Crippen molar-refractivity contribution in [1.29, 1.82) is 0 Å². The van der Waals surface area contributed by atoms with Crippen molar-refractivity contribution in [2.45, 2.75) is 58.8 Å². The molecule has 0 fully saturated rings. The van der Waals surface area contributed by atoms with Crippen molar-refractivity contribution in [2.24, 2.45) is 0 Å². The normalized spacial score (nSPS) is 10.8. The number of carbonyl (C=O) groups is 1. The van der Waals surface area contributed by atoms with E-state index in [1.807, 2.05) is 0 Å². The Morgan fingerprint density at radius 1 is 0.857 bits per heavy atom. The van der Waals surface area contributed by atoms with E-state index in [1.54, 1.807) is 0 Å². The van der Waals surface area contributed by atoms with Crippen LogP contribution < -0.4 is 0 Å². The lowest BCUT2D eigenvalue weighted by Crippen LogP contribution is -2.05. The summed E-state index contributed by atoms with van der Waals surface area (Å²) < 4.78 is 5.13. The van der Waals surface area contributed by atoms with E-state index in [0.29, 0.717) is 13.0 Å². The van der Waals surface area contributed by atoms with Gasteiger partial charge in [0, 0.05) is 12.7 Å². The van der Waals surface area contributed by atoms with E-state index >= 15 is 0 Å². The van der Waals surface area contributed by atoms with Crippen LogP contribution in [0.15, 0.2) is 73.3 Å². The van der Waals surface area contributed by atoms with E-state index in [9.17, 15) is 9.90 Å². The molecule has 0 amide bonds. The van der Waals surface area contributed by atoms with E-state index < -0.39 is 5.97 Å². The number of unbranched alkanes of at least 4 members (excludes halogenated alkanes) is 2. The number of hydrogen-bond donors (Lipinski definition) is 1. The van der Waals surface area contributed by atoms with Crippen molar-refractivity contribution < 1.29 is 14.6 Å². The highest BCUT2D eigenvalue weighted by atomic mass is 16.5. The third kappa shape index (κ3) is 7.66. The largest absolute Gasteiger partial charge is 0.463 e. The highest BCUT2D eigenvalue weighted by Crippen LogP contribution is 2.30. The minimum absolute atomic E-state index is 0.114. The summed E-state index contributed by atoms with van der Waals surface area (Å²) >= 11 is 0. The number of esters is 1. The number of ether oxygens (including phenoxy) is 1. The van der Waals surface area contributed by atoms with Crippen molar-refractivity contribution in [2.75, 3.05) is 13.2 Å². The second kappa shape index (κ2) is 13.7. The average Bonchev–Trinajstić information content (AvgIpc) is 2.88. The molecule has 0 saturated carbocycles. The Labute approximate surface area is 210 Å². The van der Waals surface area contributed by atoms with Gasteiger partial charge in [-0.05, 0) is 83.5 Å². The van der Waals surface area contributed by atoms with Crippen molar-refractivity contribution in [1.82, 2.24) is 0 Å². The Morgan fingerprint density at radius 3 is 2.29 bits per heavy atom. The third-order valence-corrected chi connectivity index (χ3v) is 6.48. The maximum absolute atomic E-state index is 11.3. The lowest BCUT2D eigenvalue weighted by molar-refractivity contribution is -0.137. The van der Waals surface area contributed by atoms with Crippen LogP contribution in [0.5, 0.6) is 0 Å². The van der Waals surface area contributed by atoms with Gasteiger partial charge in [-0.2, -0.15) is 0 Å². The number of rotatable bonds is 13. The quantitative estimate of drug-likeness (QED) is 0.162. The maximum Gasteiger partial charge on any atom is 0.330 e. The molecular formula is C32H38O3. The Morgan fingerprint density at radius 2 is 1.60 bits per heavy atom. The zero-order chi connectivity index (χ0) is 25.0. The number of carbonyl (C=O) groups excluding carboxylic acids is 1.